The molecule has 0 N–H and O–H groups in total. The van der Waals surface area contributed by atoms with Gasteiger partial charge in [-0.2, -0.15) is 0 Å². The van der Waals surface area contributed by atoms with E-state index in [1.807, 2.05) is 0 Å². The molecule has 0 saturated heterocycles. The summed E-state index contributed by atoms with van der Waals surface area (Å²) in [5.74, 6) is 0. The minimum atomic E-state index is -1.01. The van der Waals surface area contributed by atoms with Crippen LogP contribution in [-0.4, -0.2) is 0 Å². The zero-order valence-corrected chi connectivity index (χ0v) is 15.9. The minimum absolute atomic E-state index is 1.01. The topological polar surface area (TPSA) is 0 Å². The van der Waals surface area contributed by atoms with Gasteiger partial charge < -0.3 is 0 Å². The van der Waals surface area contributed by atoms with Crippen molar-refractivity contribution in [1.29, 1.82) is 0 Å². The second kappa shape index (κ2) is 5.33. The molecule has 28 valence electrons. The third kappa shape index (κ3) is 4.35. The molecule has 0 bridgehead atoms. The van der Waals surface area contributed by atoms with Gasteiger partial charge in [0.15, 0.2) is 0 Å². The van der Waals surface area contributed by atoms with Crippen LogP contribution in [0, 0.1) is 0 Å². The molecular weight excluding hydrogens is 496 g/mol. The van der Waals surface area contributed by atoms with Crippen LogP contribution in [0.1, 0.15) is 0 Å². The molecule has 0 aromatic rings. The summed E-state index contributed by atoms with van der Waals surface area (Å²) in [6.45, 7) is 3.73. The average Bonchev–Trinajstić information content (AvgIpc) is 1.65. The summed E-state index contributed by atoms with van der Waals surface area (Å²) < 4.78 is 1.32. The molecule has 0 spiro atoms. The summed E-state index contributed by atoms with van der Waals surface area (Å²) >= 11 is -2.02. The third-order valence-electron chi connectivity index (χ3n) is 0.378. The molecule has 0 amide bonds. The molecule has 0 heterocycles. The van der Waals surface area contributed by atoms with Gasteiger partial charge in [-0.25, -0.2) is 0 Å². The summed E-state index contributed by atoms with van der Waals surface area (Å²) in [5, 5.41) is 0. The van der Waals surface area contributed by atoms with E-state index in [-0.39, 0.29) is 0 Å². The number of halogens is 2. The van der Waals surface area contributed by atoms with Crippen molar-refractivity contribution in [2.24, 2.45) is 0 Å². The molecule has 0 unspecified atom stereocenters. The summed E-state index contributed by atoms with van der Waals surface area (Å²) in [6.07, 6.45) is 0. The fourth-order valence-electron chi connectivity index (χ4n) is 0.0357. The van der Waals surface area contributed by atoms with Gasteiger partial charge in [0.05, 0.1) is 0 Å². The normalized spacial score (nSPS) is 5.67. The van der Waals surface area contributed by atoms with E-state index in [1.165, 1.54) is 0.591 Å². The Morgan fingerprint density at radius 2 is 1.67 bits per heavy atom. The van der Waals surface area contributed by atoms with Crippen LogP contribution in [0.25, 0.3) is 0 Å². The van der Waals surface area contributed by atoms with E-state index in [0.29, 0.717) is 0 Å². The van der Waals surface area contributed by atoms with Crippen LogP contribution in [0.15, 0.2) is 7.17 Å². The second-order valence-electron chi connectivity index (χ2n) is 1.02. The van der Waals surface area contributed by atoms with Crippen LogP contribution in [0.4, 0.5) is 0 Å². The van der Waals surface area contributed by atoms with Crippen molar-refractivity contribution in [3.05, 3.63) is 7.17 Å². The molecule has 0 atom stereocenters. The molecule has 0 aliphatic rings. The molecule has 0 nitrogen and oxygen atoms in total. The summed E-state index contributed by atoms with van der Waals surface area (Å²) in [5.41, 5.74) is 0. The van der Waals surface area contributed by atoms with Gasteiger partial charge in [-0.3, -0.25) is 0 Å². The van der Waals surface area contributed by atoms with E-state index in [1.54, 1.807) is 0 Å². The Balaban J connectivity index is 2.99. The van der Waals surface area contributed by atoms with Crippen molar-refractivity contribution in [3.63, 3.8) is 0 Å². The Hall–Kier alpha value is 2.19. The van der Waals surface area contributed by atoms with Gasteiger partial charge in [0.25, 0.3) is 0 Å². The Morgan fingerprint density at radius 3 is 1.67 bits per heavy atom. The van der Waals surface area contributed by atoms with Crippen LogP contribution in [0.3, 0.4) is 0 Å². The summed E-state index contributed by atoms with van der Waals surface area (Å²) in [6, 6.07) is 0. The first-order valence-electron chi connectivity index (χ1n) is 1.60. The third-order valence-corrected chi connectivity index (χ3v) is 48.6. The van der Waals surface area contributed by atoms with Crippen LogP contribution < -0.4 is 0 Å². The van der Waals surface area contributed by atoms with Gasteiger partial charge in [0, 0.05) is 0 Å². The van der Waals surface area contributed by atoms with Crippen molar-refractivity contribution in [2.75, 3.05) is 0 Å². The first-order chi connectivity index (χ1) is 2.81. The zero-order valence-electron chi connectivity index (χ0n) is 3.38. The van der Waals surface area contributed by atoms with Crippen LogP contribution in [0.2, 0.25) is 0 Å². The van der Waals surface area contributed by atoms with Gasteiger partial charge in [-0.15, -0.1) is 0 Å². The first kappa shape index (κ1) is 8.19. The monoisotopic (exact) mass is 500 g/mol. The fourth-order valence-corrected chi connectivity index (χ4v) is 24.8. The van der Waals surface area contributed by atoms with E-state index >= 15 is 0 Å². The molecule has 0 saturated carbocycles. The van der Waals surface area contributed by atoms with E-state index in [4.69, 9.17) is 16.5 Å². The van der Waals surface area contributed by atoms with Crippen molar-refractivity contribution >= 4 is 16.5 Å². The molecule has 0 aromatic heterocycles. The maximum atomic E-state index is 5.55. The number of hydrogen-bond donors (Lipinski definition) is 0. The SMILES string of the molecule is C=[C]([Hg][Cl])[Hg][Cl]. The van der Waals surface area contributed by atoms with Crippen molar-refractivity contribution in [1.82, 2.24) is 0 Å². The van der Waals surface area contributed by atoms with Gasteiger partial charge in [0.1, 0.15) is 0 Å². The van der Waals surface area contributed by atoms with E-state index in [9.17, 15) is 0 Å². The van der Waals surface area contributed by atoms with Crippen molar-refractivity contribution < 1.29 is 46.7 Å². The summed E-state index contributed by atoms with van der Waals surface area (Å²) in [4.78, 5) is 0. The summed E-state index contributed by atoms with van der Waals surface area (Å²) in [7, 11) is 11.1. The predicted octanol–water partition coefficient (Wildman–Crippen LogP) is 1.93. The van der Waals surface area contributed by atoms with Crippen LogP contribution in [-0.2, 0) is 46.7 Å². The molecule has 0 radical (unpaired) electrons. The van der Waals surface area contributed by atoms with E-state index < -0.39 is 46.7 Å². The van der Waals surface area contributed by atoms with Crippen LogP contribution >= 0.6 is 16.5 Å². The fraction of sp³-hybridized carbons (Fsp3) is 0. The van der Waals surface area contributed by atoms with Gasteiger partial charge in [-0.1, -0.05) is 0 Å². The first-order valence-corrected chi connectivity index (χ1v) is 20.6. The molecule has 0 aliphatic heterocycles. The van der Waals surface area contributed by atoms with E-state index in [2.05, 4.69) is 6.58 Å². The van der Waals surface area contributed by atoms with Crippen molar-refractivity contribution in [3.8, 4) is 0 Å². The molecule has 0 fully saturated rings. The molecule has 0 rings (SSSR count). The predicted molar refractivity (Wildman–Crippen MR) is 20.8 cm³/mol. The van der Waals surface area contributed by atoms with Gasteiger partial charge in [0.2, 0.25) is 0 Å². The quantitative estimate of drug-likeness (QED) is 0.511. The van der Waals surface area contributed by atoms with E-state index in [0.717, 1.165) is 0 Å². The average molecular weight is 498 g/mol. The van der Waals surface area contributed by atoms with Gasteiger partial charge in [-0.05, 0) is 0 Å². The van der Waals surface area contributed by atoms with Crippen LogP contribution in [0.5, 0.6) is 0 Å². The number of rotatable bonds is 2. The number of hydrogen-bond acceptors (Lipinski definition) is 0. The molecule has 0 aliphatic carbocycles. The Bertz CT molecular complexity index is 47.5. The zero-order chi connectivity index (χ0) is 4.99. The standard InChI is InChI=1S/C2H2.2ClH.2Hg/c1-2;;;;/h1H2;2*1H;;/q;;;2*+1/p-2. The maximum absolute atomic E-state index is 5.55. The molecule has 4 heteroatoms. The van der Waals surface area contributed by atoms with Crippen molar-refractivity contribution in [2.45, 2.75) is 0 Å². The molecular formula is C2H2Cl2Hg2. The Labute approximate surface area is 69.0 Å². The Morgan fingerprint density at radius 1 is 1.33 bits per heavy atom. The Kier molecular flexibility index (Phi) is 7.27. The van der Waals surface area contributed by atoms with Gasteiger partial charge >= 0.3 is 70.3 Å². The molecule has 0 aromatic carbocycles. The second-order valence-corrected chi connectivity index (χ2v) is 30.7. The molecule has 6 heavy (non-hydrogen) atoms.